The first-order valence-electron chi connectivity index (χ1n) is 8.68. The van der Waals surface area contributed by atoms with Crippen molar-refractivity contribution in [1.82, 2.24) is 9.97 Å². The van der Waals surface area contributed by atoms with Crippen LogP contribution in [0.15, 0.2) is 5.16 Å². The lowest BCUT2D eigenvalue weighted by Gasteiger charge is -2.23. The van der Waals surface area contributed by atoms with Crippen molar-refractivity contribution in [3.05, 3.63) is 15.8 Å². The lowest BCUT2D eigenvalue weighted by Crippen LogP contribution is -2.35. The van der Waals surface area contributed by atoms with Gasteiger partial charge in [0.1, 0.15) is 17.9 Å². The molecule has 1 saturated carbocycles. The molecule has 0 spiro atoms. The maximum Gasteiger partial charge on any atom is 0.332 e. The average Bonchev–Trinajstić information content (AvgIpc) is 2.99. The van der Waals surface area contributed by atoms with Crippen LogP contribution in [0.5, 0.6) is 0 Å². The van der Waals surface area contributed by atoms with Crippen molar-refractivity contribution in [2.24, 2.45) is 0 Å². The summed E-state index contributed by atoms with van der Waals surface area (Å²) in [5.41, 5.74) is 0.159. The van der Waals surface area contributed by atoms with Gasteiger partial charge in [-0.25, -0.2) is 4.98 Å². The number of aromatic nitrogens is 2. The second-order valence-electron chi connectivity index (χ2n) is 7.01. The summed E-state index contributed by atoms with van der Waals surface area (Å²) in [4.78, 5) is 19.6. The predicted molar refractivity (Wildman–Crippen MR) is 96.3 cm³/mol. The summed E-state index contributed by atoms with van der Waals surface area (Å²) in [5.74, 6) is 0.188. The molecule has 1 aliphatic carbocycles. The summed E-state index contributed by atoms with van der Waals surface area (Å²) in [5, 5.41) is 25.4. The fourth-order valence-electron chi connectivity index (χ4n) is 3.39. The van der Waals surface area contributed by atoms with Gasteiger partial charge in [-0.3, -0.25) is 10.1 Å². The molecule has 1 saturated heterocycles. The van der Waals surface area contributed by atoms with Gasteiger partial charge in [0.2, 0.25) is 5.82 Å². The van der Waals surface area contributed by atoms with Crippen LogP contribution >= 0.6 is 11.8 Å². The Morgan fingerprint density at radius 1 is 1.38 bits per heavy atom. The highest BCUT2D eigenvalue weighted by Crippen LogP contribution is 2.40. The summed E-state index contributed by atoms with van der Waals surface area (Å²) in [6, 6.07) is -0.339. The van der Waals surface area contributed by atoms with Gasteiger partial charge in [-0.15, -0.1) is 0 Å². The van der Waals surface area contributed by atoms with Gasteiger partial charge in [0.15, 0.2) is 10.9 Å². The number of aliphatic hydroxyl groups is 1. The van der Waals surface area contributed by atoms with Crippen LogP contribution in [0.2, 0.25) is 0 Å². The van der Waals surface area contributed by atoms with Crippen molar-refractivity contribution in [3.63, 3.8) is 0 Å². The number of hydrogen-bond acceptors (Lipinski definition) is 9. The molecule has 2 heterocycles. The Morgan fingerprint density at radius 3 is 2.73 bits per heavy atom. The molecule has 2 fully saturated rings. The van der Waals surface area contributed by atoms with E-state index in [2.05, 4.69) is 15.3 Å². The number of nitrogens with one attached hydrogen (secondary N) is 1. The maximum atomic E-state index is 11.5. The second kappa shape index (κ2) is 7.26. The minimum Gasteiger partial charge on any atom is -0.390 e. The van der Waals surface area contributed by atoms with E-state index in [9.17, 15) is 15.2 Å². The van der Waals surface area contributed by atoms with Crippen molar-refractivity contribution in [2.75, 3.05) is 11.1 Å². The van der Waals surface area contributed by atoms with Crippen LogP contribution in [-0.2, 0) is 9.47 Å². The van der Waals surface area contributed by atoms with Gasteiger partial charge in [0.05, 0.1) is 17.1 Å². The molecule has 9 nitrogen and oxygen atoms in total. The third kappa shape index (κ3) is 3.78. The summed E-state index contributed by atoms with van der Waals surface area (Å²) >= 11 is 1.46. The van der Waals surface area contributed by atoms with Gasteiger partial charge in [0, 0.05) is 5.75 Å². The molecule has 0 bridgehead atoms. The number of rotatable bonds is 6. The van der Waals surface area contributed by atoms with E-state index in [1.165, 1.54) is 11.8 Å². The SMILES string of the molecule is CCCSc1nc(C)c([N+](=O)[O-])c(N[C@@H]2C[C@H](O)[C@H]3OC(C)(C)O[C@H]32)n1. The molecule has 26 heavy (non-hydrogen) atoms. The van der Waals surface area contributed by atoms with Crippen LogP contribution in [0.3, 0.4) is 0 Å². The van der Waals surface area contributed by atoms with Crippen LogP contribution in [0.4, 0.5) is 11.5 Å². The highest BCUT2D eigenvalue weighted by atomic mass is 32.2. The molecule has 2 aliphatic rings. The molecule has 3 rings (SSSR count). The van der Waals surface area contributed by atoms with E-state index in [0.717, 1.165) is 12.2 Å². The zero-order chi connectivity index (χ0) is 19.1. The summed E-state index contributed by atoms with van der Waals surface area (Å²) in [6.45, 7) is 7.22. The minimum absolute atomic E-state index is 0.151. The Hall–Kier alpha value is -1.49. The molecule has 0 unspecified atom stereocenters. The molecule has 4 atom stereocenters. The highest BCUT2D eigenvalue weighted by Gasteiger charge is 2.54. The summed E-state index contributed by atoms with van der Waals surface area (Å²) < 4.78 is 11.6. The molecule has 144 valence electrons. The highest BCUT2D eigenvalue weighted by molar-refractivity contribution is 7.99. The number of aryl methyl sites for hydroxylation is 1. The largest absolute Gasteiger partial charge is 0.390 e. The fourth-order valence-corrected chi connectivity index (χ4v) is 4.13. The maximum absolute atomic E-state index is 11.5. The normalized spacial score (nSPS) is 29.6. The standard InChI is InChI=1S/C16H24N4O5S/c1-5-6-26-15-17-8(2)11(20(22)23)14(19-15)18-9-7-10(21)13-12(9)24-16(3,4)25-13/h9-10,12-13,21H,5-7H2,1-4H3,(H,17,18,19)/t9-,10+,12+,13-/m1/s1. The van der Waals surface area contributed by atoms with Crippen LogP contribution < -0.4 is 5.32 Å². The van der Waals surface area contributed by atoms with E-state index in [0.29, 0.717) is 17.3 Å². The first-order valence-corrected chi connectivity index (χ1v) is 9.66. The van der Waals surface area contributed by atoms with Gasteiger partial charge in [-0.1, -0.05) is 18.7 Å². The quantitative estimate of drug-likeness (QED) is 0.329. The molecule has 0 radical (unpaired) electrons. The minimum atomic E-state index is -0.799. The van der Waals surface area contributed by atoms with E-state index >= 15 is 0 Å². The molecular weight excluding hydrogens is 360 g/mol. The molecule has 1 aliphatic heterocycles. The molecule has 0 aromatic carbocycles. The molecule has 0 amide bonds. The smallest absolute Gasteiger partial charge is 0.332 e. The number of nitro groups is 1. The molecule has 2 N–H and O–H groups in total. The van der Waals surface area contributed by atoms with Crippen molar-refractivity contribution >= 4 is 23.3 Å². The topological polar surface area (TPSA) is 120 Å². The Bertz CT molecular complexity index is 701. The van der Waals surface area contributed by atoms with E-state index in [1.54, 1.807) is 20.8 Å². The monoisotopic (exact) mass is 384 g/mol. The molecule has 1 aromatic heterocycles. The average molecular weight is 384 g/mol. The van der Waals surface area contributed by atoms with Gasteiger partial charge in [-0.2, -0.15) is 4.98 Å². The van der Waals surface area contributed by atoms with Crippen molar-refractivity contribution in [3.8, 4) is 0 Å². The first-order chi connectivity index (χ1) is 12.2. The van der Waals surface area contributed by atoms with Gasteiger partial charge < -0.3 is 19.9 Å². The molecule has 10 heteroatoms. The fraction of sp³-hybridized carbons (Fsp3) is 0.750. The molecular formula is C16H24N4O5S. The summed E-state index contributed by atoms with van der Waals surface area (Å²) in [7, 11) is 0. The lowest BCUT2D eigenvalue weighted by molar-refractivity contribution is -0.385. The number of nitrogens with zero attached hydrogens (tertiary/aromatic N) is 3. The van der Waals surface area contributed by atoms with Crippen molar-refractivity contribution in [1.29, 1.82) is 0 Å². The van der Waals surface area contributed by atoms with Crippen molar-refractivity contribution < 1.29 is 19.5 Å². The Morgan fingerprint density at radius 2 is 2.08 bits per heavy atom. The van der Waals surface area contributed by atoms with Crippen LogP contribution in [0, 0.1) is 17.0 Å². The molecule has 1 aromatic rings. The van der Waals surface area contributed by atoms with E-state index < -0.39 is 29.0 Å². The number of hydrogen-bond donors (Lipinski definition) is 2. The third-order valence-electron chi connectivity index (χ3n) is 4.41. The second-order valence-corrected chi connectivity index (χ2v) is 8.08. The zero-order valence-corrected chi connectivity index (χ0v) is 16.1. The van der Waals surface area contributed by atoms with Crippen LogP contribution in [0.25, 0.3) is 0 Å². The number of anilines is 1. The predicted octanol–water partition coefficient (Wildman–Crippen LogP) is 2.26. The Labute approximate surface area is 156 Å². The van der Waals surface area contributed by atoms with Crippen molar-refractivity contribution in [2.45, 2.75) is 75.8 Å². The number of ether oxygens (including phenoxy) is 2. The van der Waals surface area contributed by atoms with Gasteiger partial charge in [-0.05, 0) is 33.6 Å². The lowest BCUT2D eigenvalue weighted by atomic mass is 10.2. The van der Waals surface area contributed by atoms with Gasteiger partial charge >= 0.3 is 5.69 Å². The van der Waals surface area contributed by atoms with Crippen LogP contribution in [-0.4, -0.2) is 55.9 Å². The van der Waals surface area contributed by atoms with E-state index in [-0.39, 0.29) is 17.5 Å². The Balaban J connectivity index is 1.88. The number of fused-ring (bicyclic) bond motifs is 1. The Kier molecular flexibility index (Phi) is 5.38. The number of thioether (sulfide) groups is 1. The first kappa shape index (κ1) is 19.3. The van der Waals surface area contributed by atoms with E-state index in [1.807, 2.05) is 6.92 Å². The van der Waals surface area contributed by atoms with Crippen LogP contribution in [0.1, 0.15) is 39.3 Å². The van der Waals surface area contributed by atoms with E-state index in [4.69, 9.17) is 9.47 Å². The third-order valence-corrected chi connectivity index (χ3v) is 5.47. The zero-order valence-electron chi connectivity index (χ0n) is 15.3. The number of aliphatic hydroxyl groups excluding tert-OH is 1. The van der Waals surface area contributed by atoms with Gasteiger partial charge in [0.25, 0.3) is 0 Å². The summed E-state index contributed by atoms with van der Waals surface area (Å²) in [6.07, 6.45) is -0.246.